The van der Waals surface area contributed by atoms with Gasteiger partial charge in [0.25, 0.3) is 0 Å². The fourth-order valence-electron chi connectivity index (χ4n) is 3.75. The van der Waals surface area contributed by atoms with Crippen LogP contribution in [0.1, 0.15) is 22.3 Å². The molecule has 2 aromatic carbocycles. The number of benzene rings is 2. The van der Waals surface area contributed by atoms with Crippen molar-refractivity contribution in [2.45, 2.75) is 26.6 Å². The summed E-state index contributed by atoms with van der Waals surface area (Å²) < 4.78 is 3.64. The molecule has 0 atom stereocenters. The van der Waals surface area contributed by atoms with Crippen LogP contribution < -0.4 is 16.7 Å². The Hall–Kier alpha value is -3.91. The van der Waals surface area contributed by atoms with E-state index in [0.29, 0.717) is 42.7 Å². The zero-order chi connectivity index (χ0) is 21.4. The Morgan fingerprint density at radius 2 is 1.65 bits per heavy atom. The number of nitrogens with one attached hydrogen (secondary N) is 2. The first kappa shape index (κ1) is 19.1. The Morgan fingerprint density at radius 3 is 2.39 bits per heavy atom. The normalized spacial score (nSPS) is 12.2. The third kappa shape index (κ3) is 3.57. The Kier molecular flexibility index (Phi) is 4.76. The standard InChI is InChI=1S/C23H23N7O/c1-15-2-4-18(5-3-15)12-30-22-20(28-23(30)31)19-21(25-13-26-22)29(14-27-19)11-17-8-6-16(10-24)7-9-17/h2-9,13-14H,10-12,24H2,1H3,(H,25,26)(H,28,31). The molecule has 0 amide bonds. The van der Waals surface area contributed by atoms with Gasteiger partial charge in [-0.3, -0.25) is 4.57 Å². The molecule has 0 radical (unpaired) electrons. The molecule has 0 bridgehead atoms. The van der Waals surface area contributed by atoms with Gasteiger partial charge in [-0.05, 0) is 23.6 Å². The second kappa shape index (κ2) is 7.73. The number of aliphatic imine (C=N–C) groups is 1. The summed E-state index contributed by atoms with van der Waals surface area (Å²) in [6.45, 7) is 3.64. The van der Waals surface area contributed by atoms with Gasteiger partial charge in [0.05, 0.1) is 25.8 Å². The largest absolute Gasteiger partial charge is 0.330 e. The predicted octanol–water partition coefficient (Wildman–Crippen LogP) is 2.99. The zero-order valence-corrected chi connectivity index (χ0v) is 17.2. The molecule has 3 heterocycles. The fraction of sp³-hybridized carbons (Fsp3) is 0.174. The first-order valence-electron chi connectivity index (χ1n) is 10.1. The van der Waals surface area contributed by atoms with E-state index < -0.39 is 0 Å². The van der Waals surface area contributed by atoms with Crippen molar-refractivity contribution >= 4 is 18.0 Å². The monoisotopic (exact) mass is 413 g/mol. The summed E-state index contributed by atoms with van der Waals surface area (Å²) in [5.41, 5.74) is 11.2. The minimum absolute atomic E-state index is 0.189. The van der Waals surface area contributed by atoms with Gasteiger partial charge in [0.1, 0.15) is 17.2 Å². The maximum Gasteiger partial charge on any atom is 0.327 e. The van der Waals surface area contributed by atoms with Crippen LogP contribution in [0, 0.1) is 6.92 Å². The topological polar surface area (TPSA) is 106 Å². The summed E-state index contributed by atoms with van der Waals surface area (Å²) in [6, 6.07) is 16.3. The van der Waals surface area contributed by atoms with E-state index in [-0.39, 0.29) is 5.69 Å². The lowest BCUT2D eigenvalue weighted by molar-refractivity contribution is 0.770. The van der Waals surface area contributed by atoms with Gasteiger partial charge in [-0.1, -0.05) is 54.1 Å². The van der Waals surface area contributed by atoms with Crippen LogP contribution in [0.4, 0.5) is 11.6 Å². The number of nitrogens with zero attached hydrogens (tertiary/aromatic N) is 4. The van der Waals surface area contributed by atoms with Gasteiger partial charge < -0.3 is 20.6 Å². The Morgan fingerprint density at radius 1 is 0.968 bits per heavy atom. The molecule has 0 saturated carbocycles. The average molecular weight is 413 g/mol. The van der Waals surface area contributed by atoms with Crippen LogP contribution in [-0.4, -0.2) is 25.4 Å². The molecule has 2 aromatic heterocycles. The highest BCUT2D eigenvalue weighted by Gasteiger charge is 2.23. The van der Waals surface area contributed by atoms with Gasteiger partial charge in [-0.15, -0.1) is 0 Å². The quantitative estimate of drug-likeness (QED) is 0.468. The van der Waals surface area contributed by atoms with Crippen molar-refractivity contribution in [3.05, 3.63) is 87.6 Å². The molecular formula is C23H23N7O. The number of H-pyrrole nitrogens is 1. The summed E-state index contributed by atoms with van der Waals surface area (Å²) in [4.78, 5) is 24.8. The molecule has 0 unspecified atom stereocenters. The number of hydrogen-bond acceptors (Lipinski definition) is 5. The van der Waals surface area contributed by atoms with Crippen molar-refractivity contribution in [2.75, 3.05) is 5.32 Å². The number of aromatic nitrogens is 4. The van der Waals surface area contributed by atoms with Gasteiger partial charge in [0.15, 0.2) is 5.82 Å². The second-order valence-electron chi connectivity index (χ2n) is 7.69. The van der Waals surface area contributed by atoms with Crippen molar-refractivity contribution in [3.63, 3.8) is 0 Å². The summed E-state index contributed by atoms with van der Waals surface area (Å²) in [7, 11) is 0. The molecule has 31 heavy (non-hydrogen) atoms. The van der Waals surface area contributed by atoms with E-state index in [1.807, 2.05) is 47.9 Å². The van der Waals surface area contributed by atoms with Crippen molar-refractivity contribution in [3.8, 4) is 11.4 Å². The molecule has 156 valence electrons. The molecule has 4 aromatic rings. The second-order valence-corrected chi connectivity index (χ2v) is 7.69. The van der Waals surface area contributed by atoms with E-state index >= 15 is 0 Å². The van der Waals surface area contributed by atoms with Crippen LogP contribution in [0.2, 0.25) is 0 Å². The van der Waals surface area contributed by atoms with Crippen LogP contribution >= 0.6 is 0 Å². The number of nitrogens with two attached hydrogens (primary N) is 1. The van der Waals surface area contributed by atoms with Crippen molar-refractivity contribution in [1.82, 2.24) is 19.1 Å². The van der Waals surface area contributed by atoms with Crippen molar-refractivity contribution in [1.29, 1.82) is 0 Å². The highest BCUT2D eigenvalue weighted by atomic mass is 16.1. The number of aryl methyl sites for hydroxylation is 1. The lowest BCUT2D eigenvalue weighted by Crippen LogP contribution is -2.19. The van der Waals surface area contributed by atoms with E-state index in [0.717, 1.165) is 16.7 Å². The molecular weight excluding hydrogens is 390 g/mol. The molecule has 0 fully saturated rings. The van der Waals surface area contributed by atoms with Gasteiger partial charge in [0.2, 0.25) is 0 Å². The van der Waals surface area contributed by atoms with Gasteiger partial charge in [-0.25, -0.2) is 14.8 Å². The average Bonchev–Trinajstić information content (AvgIpc) is 3.25. The fourth-order valence-corrected chi connectivity index (χ4v) is 3.75. The first-order chi connectivity index (χ1) is 15.1. The molecule has 0 spiro atoms. The Labute approximate surface area is 179 Å². The number of rotatable bonds is 5. The van der Waals surface area contributed by atoms with E-state index in [4.69, 9.17) is 5.73 Å². The molecule has 1 aliphatic heterocycles. The molecule has 0 aliphatic carbocycles. The molecule has 8 nitrogen and oxygen atoms in total. The van der Waals surface area contributed by atoms with E-state index in [2.05, 4.69) is 32.4 Å². The van der Waals surface area contributed by atoms with Crippen LogP contribution in [-0.2, 0) is 19.6 Å². The van der Waals surface area contributed by atoms with Gasteiger partial charge in [0, 0.05) is 6.54 Å². The molecule has 0 saturated heterocycles. The molecule has 8 heteroatoms. The lowest BCUT2D eigenvalue weighted by Gasteiger charge is -2.07. The van der Waals surface area contributed by atoms with Gasteiger partial charge in [-0.2, -0.15) is 0 Å². The Bertz CT molecular complexity index is 1310. The third-order valence-electron chi connectivity index (χ3n) is 5.49. The number of imidazole rings is 2. The minimum Gasteiger partial charge on any atom is -0.330 e. The smallest absolute Gasteiger partial charge is 0.327 e. The van der Waals surface area contributed by atoms with Crippen LogP contribution in [0.5, 0.6) is 0 Å². The maximum absolute atomic E-state index is 12.7. The number of anilines is 1. The molecule has 4 N–H and O–H groups in total. The van der Waals surface area contributed by atoms with Crippen molar-refractivity contribution < 1.29 is 0 Å². The molecule has 1 aliphatic rings. The predicted molar refractivity (Wildman–Crippen MR) is 122 cm³/mol. The summed E-state index contributed by atoms with van der Waals surface area (Å²) >= 11 is 0. The van der Waals surface area contributed by atoms with E-state index in [1.165, 1.54) is 5.56 Å². The van der Waals surface area contributed by atoms with E-state index in [1.54, 1.807) is 17.2 Å². The first-order valence-corrected chi connectivity index (χ1v) is 10.1. The number of fused-ring (bicyclic) bond motifs is 3. The summed E-state index contributed by atoms with van der Waals surface area (Å²) in [6.07, 6.45) is 3.36. The Balaban J connectivity index is 1.49. The van der Waals surface area contributed by atoms with Crippen molar-refractivity contribution in [2.24, 2.45) is 10.7 Å². The highest BCUT2D eigenvalue weighted by molar-refractivity contribution is 5.90. The summed E-state index contributed by atoms with van der Waals surface area (Å²) in [5.74, 6) is 1.35. The van der Waals surface area contributed by atoms with Crippen LogP contribution in [0.3, 0.4) is 0 Å². The highest BCUT2D eigenvalue weighted by Crippen LogP contribution is 2.34. The molecule has 5 rings (SSSR count). The van der Waals surface area contributed by atoms with E-state index in [9.17, 15) is 4.79 Å². The maximum atomic E-state index is 12.7. The lowest BCUT2D eigenvalue weighted by atomic mass is 10.1. The zero-order valence-electron chi connectivity index (χ0n) is 17.2. The SMILES string of the molecule is Cc1ccc(Cn2c3c([nH]c2=O)-c2ncn(Cc4ccc(CN)cc4)c2N=CN3)cc1. The number of hydrogen-bond donors (Lipinski definition) is 3. The third-order valence-corrected chi connectivity index (χ3v) is 5.49. The minimum atomic E-state index is -0.189. The van der Waals surface area contributed by atoms with Gasteiger partial charge >= 0.3 is 5.69 Å². The van der Waals surface area contributed by atoms with Crippen LogP contribution in [0.25, 0.3) is 11.4 Å². The number of aromatic amines is 1. The summed E-state index contributed by atoms with van der Waals surface area (Å²) in [5, 5.41) is 3.16. The van der Waals surface area contributed by atoms with Crippen LogP contribution in [0.15, 0.2) is 64.6 Å².